The van der Waals surface area contributed by atoms with Gasteiger partial charge in [-0.25, -0.2) is 4.39 Å². The third kappa shape index (κ3) is 4.43. The summed E-state index contributed by atoms with van der Waals surface area (Å²) < 4.78 is 19.3. The summed E-state index contributed by atoms with van der Waals surface area (Å²) in [5.41, 5.74) is 0.760. The van der Waals surface area contributed by atoms with Gasteiger partial charge in [0.15, 0.2) is 6.10 Å². The van der Waals surface area contributed by atoms with Gasteiger partial charge < -0.3 is 15.0 Å². The minimum atomic E-state index is -0.500. The van der Waals surface area contributed by atoms with E-state index in [0.717, 1.165) is 5.56 Å². The number of rotatable bonds is 4. The fraction of sp³-hybridized carbons (Fsp3) is 0.562. The van der Waals surface area contributed by atoms with Crippen LogP contribution in [0.2, 0.25) is 0 Å². The molecule has 0 radical (unpaired) electrons. The van der Waals surface area contributed by atoms with Crippen molar-refractivity contribution in [3.05, 3.63) is 29.6 Å². The maximum absolute atomic E-state index is 13.7. The predicted molar refractivity (Wildman–Crippen MR) is 79.7 cm³/mol. The van der Waals surface area contributed by atoms with Gasteiger partial charge in [-0.3, -0.25) is 4.79 Å². The molecule has 5 heteroatoms. The third-order valence-electron chi connectivity index (χ3n) is 3.41. The van der Waals surface area contributed by atoms with Crippen LogP contribution >= 0.6 is 0 Å². The van der Waals surface area contributed by atoms with E-state index >= 15 is 0 Å². The fourth-order valence-electron chi connectivity index (χ4n) is 2.22. The van der Waals surface area contributed by atoms with E-state index in [0.29, 0.717) is 25.3 Å². The van der Waals surface area contributed by atoms with Crippen molar-refractivity contribution < 1.29 is 13.9 Å². The molecule has 21 heavy (non-hydrogen) atoms. The van der Waals surface area contributed by atoms with Crippen LogP contribution in [0.3, 0.4) is 0 Å². The molecular formula is C16H23FN2O2. The Bertz CT molecular complexity index is 525. The fourth-order valence-corrected chi connectivity index (χ4v) is 2.22. The molecule has 1 saturated heterocycles. The van der Waals surface area contributed by atoms with Gasteiger partial charge in [0.2, 0.25) is 0 Å². The van der Waals surface area contributed by atoms with Gasteiger partial charge in [-0.2, -0.15) is 0 Å². The summed E-state index contributed by atoms with van der Waals surface area (Å²) >= 11 is 0. The van der Waals surface area contributed by atoms with Gasteiger partial charge >= 0.3 is 0 Å². The van der Waals surface area contributed by atoms with Gasteiger partial charge in [0, 0.05) is 38.2 Å². The van der Waals surface area contributed by atoms with Crippen molar-refractivity contribution in [1.82, 2.24) is 10.2 Å². The van der Waals surface area contributed by atoms with Gasteiger partial charge in [0.25, 0.3) is 5.91 Å². The standard InChI is InChI=1S/C16H23FN2O2/c1-16(2,3)18-10-11-7-12(17)9-13(8-11)21-14-5-6-19(4)15(14)20/h7-9,14,18H,5-6,10H2,1-4H3. The summed E-state index contributed by atoms with van der Waals surface area (Å²) in [5.74, 6) is 0.0139. The Morgan fingerprint density at radius 1 is 1.38 bits per heavy atom. The summed E-state index contributed by atoms with van der Waals surface area (Å²) in [6, 6.07) is 4.59. The lowest BCUT2D eigenvalue weighted by molar-refractivity contribution is -0.132. The number of benzene rings is 1. The molecule has 1 unspecified atom stereocenters. The van der Waals surface area contributed by atoms with Gasteiger partial charge in [-0.05, 0) is 38.5 Å². The molecule has 1 fully saturated rings. The average molecular weight is 294 g/mol. The van der Waals surface area contributed by atoms with E-state index in [4.69, 9.17) is 4.74 Å². The van der Waals surface area contributed by atoms with Crippen LogP contribution in [0.5, 0.6) is 5.75 Å². The maximum atomic E-state index is 13.7. The van der Waals surface area contributed by atoms with Crippen LogP contribution in [0, 0.1) is 5.82 Å². The molecule has 0 saturated carbocycles. The highest BCUT2D eigenvalue weighted by atomic mass is 19.1. The van der Waals surface area contributed by atoms with Crippen molar-refractivity contribution in [3.8, 4) is 5.75 Å². The lowest BCUT2D eigenvalue weighted by Crippen LogP contribution is -2.35. The van der Waals surface area contributed by atoms with Crippen molar-refractivity contribution in [2.75, 3.05) is 13.6 Å². The second kappa shape index (κ2) is 6.02. The highest BCUT2D eigenvalue weighted by Gasteiger charge is 2.30. The van der Waals surface area contributed by atoms with E-state index in [1.807, 2.05) is 0 Å². The molecule has 0 aromatic heterocycles. The van der Waals surface area contributed by atoms with Crippen LogP contribution in [0.4, 0.5) is 4.39 Å². The number of amides is 1. The van der Waals surface area contributed by atoms with Crippen LogP contribution < -0.4 is 10.1 Å². The van der Waals surface area contributed by atoms with Gasteiger partial charge in [0.05, 0.1) is 0 Å². The van der Waals surface area contributed by atoms with E-state index in [9.17, 15) is 9.18 Å². The van der Waals surface area contributed by atoms with Gasteiger partial charge in [-0.15, -0.1) is 0 Å². The first-order valence-electron chi connectivity index (χ1n) is 7.21. The van der Waals surface area contributed by atoms with Crippen LogP contribution in [0.25, 0.3) is 0 Å². The van der Waals surface area contributed by atoms with Crippen LogP contribution in [0.15, 0.2) is 18.2 Å². The Balaban J connectivity index is 2.06. The summed E-state index contributed by atoms with van der Waals surface area (Å²) in [7, 11) is 1.75. The molecule has 0 aliphatic carbocycles. The molecule has 4 nitrogen and oxygen atoms in total. The largest absolute Gasteiger partial charge is 0.480 e. The molecule has 1 aliphatic heterocycles. The Morgan fingerprint density at radius 3 is 2.67 bits per heavy atom. The number of hydrogen-bond acceptors (Lipinski definition) is 3. The number of likely N-dealkylation sites (tertiary alicyclic amines) is 1. The van der Waals surface area contributed by atoms with E-state index in [-0.39, 0.29) is 17.3 Å². The second-order valence-electron chi connectivity index (χ2n) is 6.55. The van der Waals surface area contributed by atoms with E-state index in [1.165, 1.54) is 12.1 Å². The molecule has 1 amide bonds. The summed E-state index contributed by atoms with van der Waals surface area (Å²) in [6.45, 7) is 7.39. The Kier molecular flexibility index (Phi) is 4.52. The molecule has 0 bridgehead atoms. The number of halogens is 1. The number of hydrogen-bond donors (Lipinski definition) is 1. The quantitative estimate of drug-likeness (QED) is 0.926. The molecule has 116 valence electrons. The smallest absolute Gasteiger partial charge is 0.263 e. The summed E-state index contributed by atoms with van der Waals surface area (Å²) in [5, 5.41) is 3.30. The van der Waals surface area contributed by atoms with Crippen LogP contribution in [-0.4, -0.2) is 36.0 Å². The molecule has 1 atom stereocenters. The predicted octanol–water partition coefficient (Wildman–Crippen LogP) is 2.32. The number of carbonyl (C=O) groups excluding carboxylic acids is 1. The normalized spacial score (nSPS) is 19.2. The lowest BCUT2D eigenvalue weighted by Gasteiger charge is -2.21. The van der Waals surface area contributed by atoms with Gasteiger partial charge in [0.1, 0.15) is 11.6 Å². The Hall–Kier alpha value is -1.62. The molecular weight excluding hydrogens is 271 g/mol. The van der Waals surface area contributed by atoms with E-state index in [2.05, 4.69) is 26.1 Å². The van der Waals surface area contributed by atoms with Gasteiger partial charge in [-0.1, -0.05) is 0 Å². The molecule has 1 heterocycles. The van der Waals surface area contributed by atoms with Crippen molar-refractivity contribution in [2.45, 2.75) is 45.4 Å². The first-order valence-corrected chi connectivity index (χ1v) is 7.21. The lowest BCUT2D eigenvalue weighted by atomic mass is 10.1. The van der Waals surface area contributed by atoms with E-state index in [1.54, 1.807) is 18.0 Å². The van der Waals surface area contributed by atoms with Crippen molar-refractivity contribution in [3.63, 3.8) is 0 Å². The summed E-state index contributed by atoms with van der Waals surface area (Å²) in [6.07, 6.45) is 0.141. The zero-order valence-corrected chi connectivity index (χ0v) is 13.1. The molecule has 1 aromatic carbocycles. The third-order valence-corrected chi connectivity index (χ3v) is 3.41. The van der Waals surface area contributed by atoms with Crippen LogP contribution in [-0.2, 0) is 11.3 Å². The maximum Gasteiger partial charge on any atom is 0.263 e. The first-order chi connectivity index (χ1) is 9.74. The number of nitrogens with one attached hydrogen (secondary N) is 1. The van der Waals surface area contributed by atoms with Crippen molar-refractivity contribution >= 4 is 5.91 Å². The number of ether oxygens (including phenoxy) is 1. The average Bonchev–Trinajstić information content (AvgIpc) is 2.67. The SMILES string of the molecule is CN1CCC(Oc2cc(F)cc(CNC(C)(C)C)c2)C1=O. The molecule has 2 rings (SSSR count). The first kappa shape index (κ1) is 15.8. The monoisotopic (exact) mass is 294 g/mol. The number of nitrogens with zero attached hydrogens (tertiary/aromatic N) is 1. The topological polar surface area (TPSA) is 41.6 Å². The number of likely N-dealkylation sites (N-methyl/N-ethyl adjacent to an activating group) is 1. The van der Waals surface area contributed by atoms with Crippen LogP contribution in [0.1, 0.15) is 32.8 Å². The molecule has 1 aromatic rings. The minimum Gasteiger partial charge on any atom is -0.480 e. The second-order valence-corrected chi connectivity index (χ2v) is 6.55. The zero-order valence-electron chi connectivity index (χ0n) is 13.1. The minimum absolute atomic E-state index is 0.0442. The Morgan fingerprint density at radius 2 is 2.10 bits per heavy atom. The summed E-state index contributed by atoms with van der Waals surface area (Å²) in [4.78, 5) is 13.5. The highest BCUT2D eigenvalue weighted by molar-refractivity contribution is 5.83. The Labute approximate surface area is 125 Å². The highest BCUT2D eigenvalue weighted by Crippen LogP contribution is 2.22. The zero-order chi connectivity index (χ0) is 15.6. The van der Waals surface area contributed by atoms with Crippen molar-refractivity contribution in [1.29, 1.82) is 0 Å². The molecule has 1 N–H and O–H groups in total. The van der Waals surface area contributed by atoms with E-state index < -0.39 is 6.10 Å². The van der Waals surface area contributed by atoms with Crippen molar-refractivity contribution in [2.24, 2.45) is 0 Å². The molecule has 1 aliphatic rings. The number of carbonyl (C=O) groups is 1. The molecule has 0 spiro atoms.